The molecule has 0 radical (unpaired) electrons. The highest BCUT2D eigenvalue weighted by Gasteiger charge is 2.49. The Hall–Kier alpha value is -10.7. The van der Waals surface area contributed by atoms with Crippen molar-refractivity contribution < 1.29 is 29.4 Å². The maximum Gasteiger partial charge on any atom is 0.256 e. The average Bonchev–Trinajstić information content (AvgIpc) is 1.58. The van der Waals surface area contributed by atoms with Gasteiger partial charge in [0.15, 0.2) is 0 Å². The van der Waals surface area contributed by atoms with Gasteiger partial charge in [0.05, 0.1) is 46.8 Å². The van der Waals surface area contributed by atoms with Crippen LogP contribution in [0.1, 0.15) is 126 Å². The molecule has 3 aliphatic rings. The molecule has 458 valence electrons. The minimum Gasteiger partial charge on any atom is -0.458 e. The Morgan fingerprint density at radius 3 is 1.48 bits per heavy atom. The highest BCUT2D eigenvalue weighted by molar-refractivity contribution is 6.99. The number of anilines is 3. The molecule has 0 bridgehead atoms. The lowest BCUT2D eigenvalue weighted by Crippen LogP contribution is -2.59. The summed E-state index contributed by atoms with van der Waals surface area (Å²) in [5.41, 5.74) is 11.7. The monoisotopic (exact) mass is 1240 g/mol. The smallest absolute Gasteiger partial charge is 0.256 e. The fourth-order valence-corrected chi connectivity index (χ4v) is 14.9. The number of aromatic nitrogens is 1. The molecule has 3 heterocycles. The normalized spacial score (nSPS) is 16.3. The van der Waals surface area contributed by atoms with Crippen LogP contribution in [0.2, 0.25) is 0 Å². The Morgan fingerprint density at radius 2 is 0.884 bits per heavy atom. The molecule has 14 aromatic rings. The predicted molar refractivity (Wildman–Crippen MR) is 402 cm³/mol. The molecular weight excluding hydrogens is 1150 g/mol. The van der Waals surface area contributed by atoms with Crippen molar-refractivity contribution in [1.29, 1.82) is 0 Å². The number of nitrogens with zero attached hydrogens (tertiary/aromatic N) is 2. The van der Waals surface area contributed by atoms with Gasteiger partial charge in [-0.1, -0.05) is 299 Å². The molecule has 17 rings (SSSR count). The summed E-state index contributed by atoms with van der Waals surface area (Å²) in [6, 6.07) is 49.7. The molecule has 0 saturated carbocycles. The highest BCUT2D eigenvalue weighted by Crippen LogP contribution is 2.60. The van der Waals surface area contributed by atoms with Crippen LogP contribution in [0.15, 0.2) is 291 Å². The first-order valence-electron chi connectivity index (χ1n) is 41.3. The molecular formula is C91H75BN2O. The number of para-hydroxylation sites is 2. The highest BCUT2D eigenvalue weighted by atomic mass is 16.5. The quantitative estimate of drug-likeness (QED) is 0.141. The van der Waals surface area contributed by atoms with Crippen LogP contribution in [0, 0.1) is 0 Å². The van der Waals surface area contributed by atoms with E-state index in [1.165, 1.54) is 4.57 Å². The van der Waals surface area contributed by atoms with Crippen molar-refractivity contribution in [3.05, 3.63) is 330 Å². The molecule has 3 nitrogen and oxygen atoms in total. The molecule has 95 heavy (non-hydrogen) atoms. The maximum absolute atomic E-state index is 10.1. The topological polar surface area (TPSA) is 17.4 Å². The van der Waals surface area contributed by atoms with Gasteiger partial charge in [-0.05, 0) is 165 Å². The third kappa shape index (κ3) is 9.23. The molecule has 0 fully saturated rings. The van der Waals surface area contributed by atoms with E-state index in [0.29, 0.717) is 61.7 Å². The number of hydrogen-bond acceptors (Lipinski definition) is 2. The molecule has 0 atom stereocenters. The van der Waals surface area contributed by atoms with Gasteiger partial charge in [-0.3, -0.25) is 0 Å². The summed E-state index contributed by atoms with van der Waals surface area (Å²) in [6.07, 6.45) is 0. The Labute approximate surface area is 585 Å². The van der Waals surface area contributed by atoms with Gasteiger partial charge in [0.25, 0.3) is 6.71 Å². The van der Waals surface area contributed by atoms with Crippen LogP contribution >= 0.6 is 0 Å². The fourth-order valence-electron chi connectivity index (χ4n) is 14.9. The van der Waals surface area contributed by atoms with E-state index in [0.717, 1.165) is 66.7 Å². The van der Waals surface area contributed by atoms with Gasteiger partial charge in [0.1, 0.15) is 11.5 Å². The summed E-state index contributed by atoms with van der Waals surface area (Å²) in [5, 5.41) is -0.153. The van der Waals surface area contributed by atoms with Crippen molar-refractivity contribution in [2.24, 2.45) is 0 Å². The lowest BCUT2D eigenvalue weighted by Gasteiger charge is -2.42. The summed E-state index contributed by atoms with van der Waals surface area (Å²) in [4.78, 5) is 2.32. The Bertz CT molecular complexity index is 6240. The standard InChI is InChI=1S/C91H75BN2O/c1-88(2,3)65-49-61(50-66(54-65)89(4,5)6)62-52-82-86-84(53-62)95-83-57-68(93-79-43-26-23-38-71(79)72-39-24-27-44-80(72)93)46-48-78(83)92(86)77-47-45-60(51-81(77)94(82)87-74(58-29-14-10-15-30-58)55-67(90(7,8)9)56-75(87)59-31-16-11-17-32-59)69-40-28-41-73-70-37-22-25-42-76(70)91(85(69)73,63-33-18-12-19-34-63)64-35-20-13-21-36-64/h10-57H,1-9H3/i12D,13D,18D,19D,20D,21D,23D,24D,26D,27D,33D,34D,35D,36D,38D,39D,43D,44D. The third-order valence-electron chi connectivity index (χ3n) is 19.5. The van der Waals surface area contributed by atoms with Crippen molar-refractivity contribution in [3.63, 3.8) is 0 Å². The Balaban J connectivity index is 1.05. The van der Waals surface area contributed by atoms with Gasteiger partial charge < -0.3 is 14.2 Å². The predicted octanol–water partition coefficient (Wildman–Crippen LogP) is 22.1. The number of rotatable bonds is 8. The van der Waals surface area contributed by atoms with Crippen LogP contribution in [0.5, 0.6) is 11.5 Å². The summed E-state index contributed by atoms with van der Waals surface area (Å²) >= 11 is 0. The van der Waals surface area contributed by atoms with E-state index in [9.17, 15) is 16.4 Å². The second kappa shape index (κ2) is 21.7. The van der Waals surface area contributed by atoms with Gasteiger partial charge in [0.2, 0.25) is 0 Å². The molecule has 1 aliphatic carbocycles. The van der Waals surface area contributed by atoms with Crippen molar-refractivity contribution >= 4 is 62.0 Å². The van der Waals surface area contributed by atoms with Crippen LogP contribution in [-0.4, -0.2) is 11.3 Å². The van der Waals surface area contributed by atoms with E-state index < -0.39 is 126 Å². The first-order valence-corrected chi connectivity index (χ1v) is 32.3. The Kier molecular flexibility index (Phi) is 9.55. The number of benzene rings is 13. The van der Waals surface area contributed by atoms with Crippen molar-refractivity contribution in [2.45, 2.75) is 84.0 Å². The third-order valence-corrected chi connectivity index (χ3v) is 19.5. The average molecular weight is 1240 g/mol. The molecule has 1 aromatic heterocycles. The van der Waals surface area contributed by atoms with E-state index >= 15 is 0 Å². The number of ether oxygens (including phenoxy) is 1. The summed E-state index contributed by atoms with van der Waals surface area (Å²) in [5.74, 6) is 0.790. The van der Waals surface area contributed by atoms with E-state index in [4.69, 9.17) is 13.0 Å². The van der Waals surface area contributed by atoms with Crippen LogP contribution < -0.4 is 26.0 Å². The molecule has 0 spiro atoms. The van der Waals surface area contributed by atoms with Gasteiger partial charge in [-0.15, -0.1) is 0 Å². The largest absolute Gasteiger partial charge is 0.458 e. The van der Waals surface area contributed by atoms with E-state index in [2.05, 4.69) is 146 Å². The molecule has 0 saturated heterocycles. The lowest BCUT2D eigenvalue weighted by molar-refractivity contribution is 0.487. The van der Waals surface area contributed by atoms with E-state index in [-0.39, 0.29) is 49.5 Å². The molecule has 0 N–H and O–H groups in total. The number of hydrogen-bond donors (Lipinski definition) is 0. The minimum absolute atomic E-state index is 0.0585. The second-order valence-corrected chi connectivity index (χ2v) is 28.3. The van der Waals surface area contributed by atoms with E-state index in [1.807, 2.05) is 78.9 Å². The summed E-state index contributed by atoms with van der Waals surface area (Å²) in [7, 11) is 0. The summed E-state index contributed by atoms with van der Waals surface area (Å²) < 4.78 is 178. The molecule has 13 aromatic carbocycles. The van der Waals surface area contributed by atoms with Gasteiger partial charge >= 0.3 is 0 Å². The zero-order chi connectivity index (χ0) is 80.4. The lowest BCUT2D eigenvalue weighted by atomic mass is 9.34. The summed E-state index contributed by atoms with van der Waals surface area (Å²) in [6.45, 7) is 19.0. The number of fused-ring (bicyclic) bond motifs is 10. The van der Waals surface area contributed by atoms with Crippen LogP contribution in [0.3, 0.4) is 0 Å². The van der Waals surface area contributed by atoms with Crippen molar-refractivity contribution in [1.82, 2.24) is 4.57 Å². The van der Waals surface area contributed by atoms with Gasteiger partial charge in [-0.25, -0.2) is 0 Å². The van der Waals surface area contributed by atoms with Gasteiger partial charge in [0, 0.05) is 45.0 Å². The zero-order valence-electron chi connectivity index (χ0n) is 72.2. The first-order chi connectivity index (χ1) is 53.5. The second-order valence-electron chi connectivity index (χ2n) is 28.3. The van der Waals surface area contributed by atoms with Crippen molar-refractivity contribution in [3.8, 4) is 72.8 Å². The fraction of sp³-hybridized carbons (Fsp3) is 0.143. The zero-order valence-corrected chi connectivity index (χ0v) is 54.2. The van der Waals surface area contributed by atoms with E-state index in [1.54, 1.807) is 24.3 Å². The van der Waals surface area contributed by atoms with Crippen LogP contribution in [-0.2, 0) is 21.7 Å². The minimum atomic E-state index is -2.22. The molecule has 4 heteroatoms. The molecule has 0 unspecified atom stereocenters. The van der Waals surface area contributed by atoms with Gasteiger partial charge in [-0.2, -0.15) is 0 Å². The molecule has 0 amide bonds. The SMILES string of the molecule is [2H]c1c([2H])c([2H])c(C2(c3c([2H])c([2H])c([2H])c([2H])c3[2H])c3ccccc3-c3cccc(-c4ccc5c(c4)N(c4c(-c6ccccc6)cc(C(C)(C)C)cc4-c4ccccc4)c4cc(-c6cc(C(C)(C)C)cc(C(C)(C)C)c6)cc6c4B5c4ccc(-n5c7c([2H])c([2H])c([2H])c([2H])c7c7c([2H])c([2H])c([2H])c([2H])c75)cc4O6)c32)c([2H])c1[2H]. The maximum atomic E-state index is 10.1. The van der Waals surface area contributed by atoms with Crippen molar-refractivity contribution in [2.75, 3.05) is 4.90 Å². The Morgan fingerprint density at radius 1 is 0.379 bits per heavy atom. The first kappa shape index (κ1) is 41.8. The van der Waals surface area contributed by atoms with Crippen LogP contribution in [0.25, 0.3) is 83.1 Å². The van der Waals surface area contributed by atoms with Crippen LogP contribution in [0.4, 0.5) is 17.1 Å². The molecule has 2 aliphatic heterocycles.